The van der Waals surface area contributed by atoms with E-state index in [0.717, 1.165) is 77.0 Å². The van der Waals surface area contributed by atoms with Crippen LogP contribution in [0.5, 0.6) is 0 Å². The fourth-order valence-electron chi connectivity index (χ4n) is 9.89. The molecule has 0 radical (unpaired) electrons. The van der Waals surface area contributed by atoms with Crippen LogP contribution >= 0.6 is 0 Å². The van der Waals surface area contributed by atoms with Crippen LogP contribution in [0, 0.1) is 0 Å². The van der Waals surface area contributed by atoms with Crippen LogP contribution in [0.25, 0.3) is 0 Å². The van der Waals surface area contributed by atoms with E-state index in [1.165, 1.54) is 244 Å². The maximum atomic E-state index is 12.9. The first-order valence-electron chi connectivity index (χ1n) is 33.0. The van der Waals surface area contributed by atoms with Gasteiger partial charge in [0.15, 0.2) is 6.10 Å². The van der Waals surface area contributed by atoms with Crippen molar-refractivity contribution < 1.29 is 28.6 Å². The summed E-state index contributed by atoms with van der Waals surface area (Å²) in [6.45, 7) is 6.62. The second-order valence-electron chi connectivity index (χ2n) is 22.4. The van der Waals surface area contributed by atoms with E-state index >= 15 is 0 Å². The minimum Gasteiger partial charge on any atom is -0.462 e. The molecule has 0 heterocycles. The molecule has 1 unspecified atom stereocenters. The number of allylic oxidation sites excluding steroid dienone is 6. The molecule has 0 N–H and O–H groups in total. The van der Waals surface area contributed by atoms with Gasteiger partial charge in [0, 0.05) is 19.3 Å². The van der Waals surface area contributed by atoms with E-state index in [1.54, 1.807) is 0 Å². The summed E-state index contributed by atoms with van der Waals surface area (Å²) in [6, 6.07) is 0. The van der Waals surface area contributed by atoms with Gasteiger partial charge in [-0.2, -0.15) is 0 Å². The van der Waals surface area contributed by atoms with E-state index in [0.29, 0.717) is 19.3 Å². The molecule has 0 amide bonds. The van der Waals surface area contributed by atoms with Crippen molar-refractivity contribution in [2.24, 2.45) is 0 Å². The zero-order valence-corrected chi connectivity index (χ0v) is 49.9. The number of carbonyl (C=O) groups is 3. The Bertz CT molecular complexity index is 1240. The lowest BCUT2D eigenvalue weighted by molar-refractivity contribution is -0.167. The van der Waals surface area contributed by atoms with Crippen molar-refractivity contribution in [3.05, 3.63) is 36.5 Å². The lowest BCUT2D eigenvalue weighted by atomic mass is 10.0. The second-order valence-corrected chi connectivity index (χ2v) is 22.4. The Hall–Kier alpha value is -2.37. The Morgan fingerprint density at radius 2 is 0.514 bits per heavy atom. The molecule has 0 aliphatic carbocycles. The zero-order valence-electron chi connectivity index (χ0n) is 49.9. The van der Waals surface area contributed by atoms with Crippen LogP contribution in [0.15, 0.2) is 36.5 Å². The number of rotatable bonds is 61. The predicted octanol–water partition coefficient (Wildman–Crippen LogP) is 22.4. The summed E-state index contributed by atoms with van der Waals surface area (Å²) in [5.41, 5.74) is 0. The minimum atomic E-state index is -0.772. The lowest BCUT2D eigenvalue weighted by Gasteiger charge is -2.18. The smallest absolute Gasteiger partial charge is 0.306 e. The normalized spacial score (nSPS) is 12.2. The molecular formula is C68H126O6. The van der Waals surface area contributed by atoms with E-state index < -0.39 is 6.10 Å². The summed E-state index contributed by atoms with van der Waals surface area (Å²) >= 11 is 0. The standard InChI is InChI=1S/C68H126O6/c1-4-7-10-13-16-19-22-24-26-28-30-31-32-33-34-35-36-37-39-40-42-44-46-49-52-55-58-61-67(70)73-64-65(63-72-66(69)60-57-54-51-48-21-18-15-12-9-6-3)74-68(71)62-59-56-53-50-47-45-43-41-38-29-27-25-23-20-17-14-11-8-5-2/h12,15,22,24,28,30,65H,4-11,13-14,16-21,23,25-27,29,31-64H2,1-3H3/b15-12-,24-22-,30-28-. The van der Waals surface area contributed by atoms with Gasteiger partial charge in [0.2, 0.25) is 0 Å². The van der Waals surface area contributed by atoms with Crippen LogP contribution in [-0.2, 0) is 28.6 Å². The molecule has 0 aliphatic heterocycles. The summed E-state index contributed by atoms with van der Waals surface area (Å²) in [7, 11) is 0. The number of carbonyl (C=O) groups excluding carboxylic acids is 3. The molecule has 0 saturated heterocycles. The summed E-state index contributed by atoms with van der Waals surface area (Å²) in [5, 5.41) is 0. The highest BCUT2D eigenvalue weighted by Gasteiger charge is 2.19. The van der Waals surface area contributed by atoms with Gasteiger partial charge in [0.05, 0.1) is 0 Å². The Labute approximate surface area is 461 Å². The molecule has 0 saturated carbocycles. The number of hydrogen-bond donors (Lipinski definition) is 0. The van der Waals surface area contributed by atoms with Gasteiger partial charge < -0.3 is 14.2 Å². The number of ether oxygens (including phenoxy) is 3. The number of hydrogen-bond acceptors (Lipinski definition) is 6. The Kier molecular flexibility index (Phi) is 61.1. The highest BCUT2D eigenvalue weighted by Crippen LogP contribution is 2.18. The first-order chi connectivity index (χ1) is 36.5. The molecule has 0 bridgehead atoms. The maximum Gasteiger partial charge on any atom is 0.306 e. The Morgan fingerprint density at radius 3 is 0.811 bits per heavy atom. The van der Waals surface area contributed by atoms with Gasteiger partial charge >= 0.3 is 17.9 Å². The van der Waals surface area contributed by atoms with E-state index in [-0.39, 0.29) is 31.1 Å². The van der Waals surface area contributed by atoms with E-state index in [1.807, 2.05) is 0 Å². The quantitative estimate of drug-likeness (QED) is 0.0261. The molecule has 74 heavy (non-hydrogen) atoms. The van der Waals surface area contributed by atoms with Gasteiger partial charge in [-0.05, 0) is 70.6 Å². The molecule has 0 aromatic heterocycles. The topological polar surface area (TPSA) is 78.9 Å². The van der Waals surface area contributed by atoms with Gasteiger partial charge in [-0.25, -0.2) is 0 Å². The second kappa shape index (κ2) is 63.2. The van der Waals surface area contributed by atoms with Crippen molar-refractivity contribution in [1.82, 2.24) is 0 Å². The molecule has 1 atom stereocenters. The van der Waals surface area contributed by atoms with Crippen molar-refractivity contribution in [1.29, 1.82) is 0 Å². The first kappa shape index (κ1) is 71.6. The molecule has 0 fully saturated rings. The number of unbranched alkanes of at least 4 members (excludes halogenated alkanes) is 44. The van der Waals surface area contributed by atoms with Gasteiger partial charge in [-0.15, -0.1) is 0 Å². The summed E-state index contributed by atoms with van der Waals surface area (Å²) in [4.78, 5) is 38.2. The van der Waals surface area contributed by atoms with Crippen molar-refractivity contribution >= 4 is 17.9 Å². The van der Waals surface area contributed by atoms with E-state index in [9.17, 15) is 14.4 Å². The predicted molar refractivity (Wildman–Crippen MR) is 321 cm³/mol. The Morgan fingerprint density at radius 1 is 0.270 bits per heavy atom. The van der Waals surface area contributed by atoms with Crippen LogP contribution in [0.3, 0.4) is 0 Å². The SMILES string of the molecule is CCC/C=C\CCCCCCCC(=O)OCC(COC(=O)CCCCCCCCCCCCCCCCC/C=C\C/C=C\CCCCCCC)OC(=O)CCCCCCCCCCCCCCCCCCCCC. The lowest BCUT2D eigenvalue weighted by Crippen LogP contribution is -2.30. The first-order valence-corrected chi connectivity index (χ1v) is 33.0. The van der Waals surface area contributed by atoms with Crippen LogP contribution in [-0.4, -0.2) is 37.2 Å². The third kappa shape index (κ3) is 60.5. The minimum absolute atomic E-state index is 0.0700. The molecule has 0 aromatic carbocycles. The molecular weight excluding hydrogens is 913 g/mol. The van der Waals surface area contributed by atoms with Gasteiger partial charge in [-0.1, -0.05) is 308 Å². The number of esters is 3. The van der Waals surface area contributed by atoms with Crippen LogP contribution < -0.4 is 0 Å². The van der Waals surface area contributed by atoms with Gasteiger partial charge in [0.25, 0.3) is 0 Å². The molecule has 434 valence electrons. The van der Waals surface area contributed by atoms with Crippen molar-refractivity contribution in [2.45, 2.75) is 367 Å². The molecule has 6 heteroatoms. The average Bonchev–Trinajstić information content (AvgIpc) is 3.40. The largest absolute Gasteiger partial charge is 0.462 e. The van der Waals surface area contributed by atoms with Crippen molar-refractivity contribution in [3.8, 4) is 0 Å². The van der Waals surface area contributed by atoms with Crippen LogP contribution in [0.4, 0.5) is 0 Å². The fourth-order valence-corrected chi connectivity index (χ4v) is 9.89. The molecule has 0 spiro atoms. The summed E-state index contributed by atoms with van der Waals surface area (Å²) in [6.07, 6.45) is 77.4. The van der Waals surface area contributed by atoms with E-state index in [4.69, 9.17) is 14.2 Å². The monoisotopic (exact) mass is 1040 g/mol. The highest BCUT2D eigenvalue weighted by molar-refractivity contribution is 5.71. The molecule has 0 aromatic rings. The maximum absolute atomic E-state index is 12.9. The Balaban J connectivity index is 4.15. The van der Waals surface area contributed by atoms with Crippen LogP contribution in [0.2, 0.25) is 0 Å². The third-order valence-electron chi connectivity index (χ3n) is 14.8. The fraction of sp³-hybridized carbons (Fsp3) is 0.868. The van der Waals surface area contributed by atoms with Crippen LogP contribution in [0.1, 0.15) is 361 Å². The summed E-state index contributed by atoms with van der Waals surface area (Å²) in [5.74, 6) is -0.857. The molecule has 0 rings (SSSR count). The average molecular weight is 1040 g/mol. The van der Waals surface area contributed by atoms with Gasteiger partial charge in [-0.3, -0.25) is 14.4 Å². The highest BCUT2D eigenvalue weighted by atomic mass is 16.6. The molecule has 0 aliphatic rings. The van der Waals surface area contributed by atoms with E-state index in [2.05, 4.69) is 57.2 Å². The van der Waals surface area contributed by atoms with Gasteiger partial charge in [0.1, 0.15) is 13.2 Å². The zero-order chi connectivity index (χ0) is 53.6. The van der Waals surface area contributed by atoms with Crippen molar-refractivity contribution in [2.75, 3.05) is 13.2 Å². The third-order valence-corrected chi connectivity index (χ3v) is 14.8. The molecule has 6 nitrogen and oxygen atoms in total. The van der Waals surface area contributed by atoms with Crippen molar-refractivity contribution in [3.63, 3.8) is 0 Å². The summed E-state index contributed by atoms with van der Waals surface area (Å²) < 4.78 is 16.9.